The zero-order valence-electron chi connectivity index (χ0n) is 13.8. The van der Waals surface area contributed by atoms with Gasteiger partial charge in [0.25, 0.3) is 0 Å². The van der Waals surface area contributed by atoms with Gasteiger partial charge in [-0.05, 0) is 43.7 Å². The molecule has 0 bridgehead atoms. The lowest BCUT2D eigenvalue weighted by molar-refractivity contribution is 0.182. The second-order valence-corrected chi connectivity index (χ2v) is 6.96. The molecule has 1 atom stereocenters. The van der Waals surface area contributed by atoms with Gasteiger partial charge in [-0.2, -0.15) is 0 Å². The summed E-state index contributed by atoms with van der Waals surface area (Å²) in [7, 11) is 0. The molecule has 0 amide bonds. The van der Waals surface area contributed by atoms with Gasteiger partial charge in [0.1, 0.15) is 0 Å². The highest BCUT2D eigenvalue weighted by molar-refractivity contribution is 5.18. The Bertz CT molecular complexity index is 382. The van der Waals surface area contributed by atoms with Crippen molar-refractivity contribution in [2.45, 2.75) is 64.5 Å². The van der Waals surface area contributed by atoms with Crippen molar-refractivity contribution in [1.29, 1.82) is 0 Å². The summed E-state index contributed by atoms with van der Waals surface area (Å²) in [5.41, 5.74) is 7.64. The van der Waals surface area contributed by atoms with E-state index in [1.807, 2.05) is 0 Å². The Morgan fingerprint density at radius 3 is 2.29 bits per heavy atom. The fraction of sp³-hybridized carbons (Fsp3) is 0.684. The Kier molecular flexibility index (Phi) is 6.72. The highest BCUT2D eigenvalue weighted by atomic mass is 15.2. The molecule has 1 aromatic rings. The molecule has 2 N–H and O–H groups in total. The minimum atomic E-state index is 0.175. The third-order valence-electron chi connectivity index (χ3n) is 4.79. The summed E-state index contributed by atoms with van der Waals surface area (Å²) in [6.07, 6.45) is 7.97. The van der Waals surface area contributed by atoms with E-state index < -0.39 is 0 Å². The maximum Gasteiger partial charge on any atom is 0.0307 e. The SMILES string of the molecule is CC(C)CCN(CCC(N)c1ccccc1)C1CCCC1. The molecule has 1 aromatic carbocycles. The molecule has 0 heterocycles. The molecule has 2 rings (SSSR count). The number of nitrogens with two attached hydrogens (primary N) is 1. The van der Waals surface area contributed by atoms with E-state index in [0.717, 1.165) is 24.9 Å². The molecule has 21 heavy (non-hydrogen) atoms. The predicted molar refractivity (Wildman–Crippen MR) is 91.3 cm³/mol. The Labute approximate surface area is 130 Å². The van der Waals surface area contributed by atoms with Crippen LogP contribution in [0.25, 0.3) is 0 Å². The minimum Gasteiger partial charge on any atom is -0.324 e. The molecule has 0 radical (unpaired) electrons. The third-order valence-corrected chi connectivity index (χ3v) is 4.79. The normalized spacial score (nSPS) is 17.8. The summed E-state index contributed by atoms with van der Waals surface area (Å²) < 4.78 is 0. The van der Waals surface area contributed by atoms with Crippen LogP contribution in [0.15, 0.2) is 30.3 Å². The standard InChI is InChI=1S/C19H32N2/c1-16(2)12-14-21(18-10-6-7-11-18)15-13-19(20)17-8-4-3-5-9-17/h3-5,8-9,16,18-19H,6-7,10-15,20H2,1-2H3. The van der Waals surface area contributed by atoms with Crippen molar-refractivity contribution in [2.24, 2.45) is 11.7 Å². The lowest BCUT2D eigenvalue weighted by atomic mass is 10.0. The smallest absolute Gasteiger partial charge is 0.0307 e. The van der Waals surface area contributed by atoms with E-state index in [-0.39, 0.29) is 6.04 Å². The van der Waals surface area contributed by atoms with E-state index in [2.05, 4.69) is 49.1 Å². The lowest BCUT2D eigenvalue weighted by Gasteiger charge is -2.30. The van der Waals surface area contributed by atoms with Gasteiger partial charge in [-0.1, -0.05) is 57.0 Å². The van der Waals surface area contributed by atoms with Gasteiger partial charge >= 0.3 is 0 Å². The van der Waals surface area contributed by atoms with E-state index in [1.165, 1.54) is 44.2 Å². The molecule has 2 nitrogen and oxygen atoms in total. The summed E-state index contributed by atoms with van der Waals surface area (Å²) in [4.78, 5) is 2.72. The van der Waals surface area contributed by atoms with E-state index in [4.69, 9.17) is 5.73 Å². The molecular weight excluding hydrogens is 256 g/mol. The molecule has 0 spiro atoms. The minimum absolute atomic E-state index is 0.175. The molecule has 1 fully saturated rings. The molecule has 1 saturated carbocycles. The average Bonchev–Trinajstić information content (AvgIpc) is 3.02. The Morgan fingerprint density at radius 1 is 1.05 bits per heavy atom. The van der Waals surface area contributed by atoms with Gasteiger partial charge in [0.15, 0.2) is 0 Å². The zero-order valence-corrected chi connectivity index (χ0v) is 13.8. The molecule has 1 unspecified atom stereocenters. The molecule has 2 heteroatoms. The van der Waals surface area contributed by atoms with Gasteiger partial charge in [0.05, 0.1) is 0 Å². The van der Waals surface area contributed by atoms with Gasteiger partial charge in [0.2, 0.25) is 0 Å². The van der Waals surface area contributed by atoms with Gasteiger partial charge in [-0.25, -0.2) is 0 Å². The van der Waals surface area contributed by atoms with Crippen molar-refractivity contribution in [3.05, 3.63) is 35.9 Å². The third kappa shape index (κ3) is 5.44. The summed E-state index contributed by atoms with van der Waals surface area (Å²) in [6.45, 7) is 7.03. The summed E-state index contributed by atoms with van der Waals surface area (Å²) >= 11 is 0. The first-order chi connectivity index (χ1) is 10.2. The van der Waals surface area contributed by atoms with Crippen LogP contribution in [0, 0.1) is 5.92 Å². The molecule has 1 aliphatic rings. The van der Waals surface area contributed by atoms with Crippen LogP contribution in [0.3, 0.4) is 0 Å². The molecule has 0 aliphatic heterocycles. The van der Waals surface area contributed by atoms with Gasteiger partial charge in [-0.15, -0.1) is 0 Å². The first-order valence-corrected chi connectivity index (χ1v) is 8.71. The summed E-state index contributed by atoms with van der Waals surface area (Å²) in [5, 5.41) is 0. The fourth-order valence-corrected chi connectivity index (χ4v) is 3.34. The largest absolute Gasteiger partial charge is 0.324 e. The van der Waals surface area contributed by atoms with Crippen molar-refractivity contribution in [1.82, 2.24) is 4.90 Å². The van der Waals surface area contributed by atoms with Crippen molar-refractivity contribution in [2.75, 3.05) is 13.1 Å². The number of hydrogen-bond acceptors (Lipinski definition) is 2. The van der Waals surface area contributed by atoms with Gasteiger partial charge < -0.3 is 10.6 Å². The van der Waals surface area contributed by atoms with Crippen LogP contribution in [0.4, 0.5) is 0 Å². The van der Waals surface area contributed by atoms with Crippen LogP contribution in [0.1, 0.15) is 64.0 Å². The van der Waals surface area contributed by atoms with E-state index in [1.54, 1.807) is 0 Å². The highest BCUT2D eigenvalue weighted by Gasteiger charge is 2.22. The Hall–Kier alpha value is -0.860. The van der Waals surface area contributed by atoms with Crippen LogP contribution < -0.4 is 5.73 Å². The quantitative estimate of drug-likeness (QED) is 0.769. The molecule has 1 aliphatic carbocycles. The van der Waals surface area contributed by atoms with Gasteiger partial charge in [-0.3, -0.25) is 0 Å². The van der Waals surface area contributed by atoms with Crippen molar-refractivity contribution >= 4 is 0 Å². The maximum atomic E-state index is 6.37. The van der Waals surface area contributed by atoms with E-state index in [0.29, 0.717) is 0 Å². The average molecular weight is 288 g/mol. The second kappa shape index (κ2) is 8.55. The number of hydrogen-bond donors (Lipinski definition) is 1. The number of rotatable bonds is 8. The van der Waals surface area contributed by atoms with Crippen LogP contribution in [0.5, 0.6) is 0 Å². The lowest BCUT2D eigenvalue weighted by Crippen LogP contribution is -2.36. The van der Waals surface area contributed by atoms with Crippen LogP contribution in [-0.4, -0.2) is 24.0 Å². The summed E-state index contributed by atoms with van der Waals surface area (Å²) in [5.74, 6) is 0.789. The first kappa shape index (κ1) is 16.5. The first-order valence-electron chi connectivity index (χ1n) is 8.71. The van der Waals surface area contributed by atoms with Crippen molar-refractivity contribution < 1.29 is 0 Å². The van der Waals surface area contributed by atoms with E-state index in [9.17, 15) is 0 Å². The van der Waals surface area contributed by atoms with Gasteiger partial charge in [0, 0.05) is 18.6 Å². The van der Waals surface area contributed by atoms with Crippen molar-refractivity contribution in [3.63, 3.8) is 0 Å². The molecule has 0 aromatic heterocycles. The highest BCUT2D eigenvalue weighted by Crippen LogP contribution is 2.25. The number of nitrogens with zero attached hydrogens (tertiary/aromatic N) is 1. The maximum absolute atomic E-state index is 6.37. The molecule has 118 valence electrons. The predicted octanol–water partition coefficient (Wildman–Crippen LogP) is 4.37. The summed E-state index contributed by atoms with van der Waals surface area (Å²) in [6, 6.07) is 11.5. The number of benzene rings is 1. The van der Waals surface area contributed by atoms with Crippen LogP contribution >= 0.6 is 0 Å². The Morgan fingerprint density at radius 2 is 1.67 bits per heavy atom. The second-order valence-electron chi connectivity index (χ2n) is 6.96. The van der Waals surface area contributed by atoms with Crippen molar-refractivity contribution in [3.8, 4) is 0 Å². The zero-order chi connectivity index (χ0) is 15.1. The molecular formula is C19H32N2. The topological polar surface area (TPSA) is 29.3 Å². The fourth-order valence-electron chi connectivity index (χ4n) is 3.34. The Balaban J connectivity index is 1.85. The molecule has 0 saturated heterocycles. The van der Waals surface area contributed by atoms with E-state index >= 15 is 0 Å². The van der Waals surface area contributed by atoms with Crippen LogP contribution in [0.2, 0.25) is 0 Å². The monoisotopic (exact) mass is 288 g/mol. The van der Waals surface area contributed by atoms with Crippen LogP contribution in [-0.2, 0) is 0 Å².